The summed E-state index contributed by atoms with van der Waals surface area (Å²) in [4.78, 5) is 2.56. The van der Waals surface area contributed by atoms with E-state index >= 15 is 0 Å². The van der Waals surface area contributed by atoms with Crippen molar-refractivity contribution in [3.63, 3.8) is 0 Å². The number of hydrogen-bond donors (Lipinski definition) is 0. The summed E-state index contributed by atoms with van der Waals surface area (Å²) in [5, 5.41) is 2.57. The summed E-state index contributed by atoms with van der Waals surface area (Å²) < 4.78 is 9.64. The van der Waals surface area contributed by atoms with Crippen molar-refractivity contribution in [1.82, 2.24) is 4.57 Å². The van der Waals surface area contributed by atoms with Crippen molar-refractivity contribution in [2.24, 2.45) is 0 Å². The Morgan fingerprint density at radius 3 is 1.88 bits per heavy atom. The van der Waals surface area contributed by atoms with Gasteiger partial charge in [-0.05, 0) is 137 Å². The second-order valence-electron chi connectivity index (χ2n) is 22.5. The van der Waals surface area contributed by atoms with Crippen LogP contribution in [0.4, 0.5) is 17.1 Å². The molecular weight excluding hydrogens is 800 g/mol. The van der Waals surface area contributed by atoms with E-state index in [4.69, 9.17) is 4.74 Å². The average Bonchev–Trinajstić information content (AvgIpc) is 3.84. The number of benzene rings is 8. The van der Waals surface area contributed by atoms with Crippen molar-refractivity contribution in [2.75, 3.05) is 4.90 Å². The average molecular weight is 855 g/mol. The Hall–Kier alpha value is -6.78. The van der Waals surface area contributed by atoms with E-state index in [1.165, 1.54) is 105 Å². The van der Waals surface area contributed by atoms with E-state index in [1.807, 2.05) is 0 Å². The molecule has 0 saturated heterocycles. The van der Waals surface area contributed by atoms with Gasteiger partial charge in [0.25, 0.3) is 6.71 Å². The molecule has 0 unspecified atom stereocenters. The van der Waals surface area contributed by atoms with E-state index in [1.54, 1.807) is 0 Å². The molecule has 4 heteroatoms. The van der Waals surface area contributed by atoms with Gasteiger partial charge in [0, 0.05) is 38.7 Å². The zero-order chi connectivity index (χ0) is 45.4. The zero-order valence-electron chi connectivity index (χ0n) is 39.8. The van der Waals surface area contributed by atoms with Gasteiger partial charge in [0.15, 0.2) is 0 Å². The lowest BCUT2D eigenvalue weighted by Gasteiger charge is -2.42. The first-order valence-electron chi connectivity index (χ1n) is 23.9. The van der Waals surface area contributed by atoms with Crippen molar-refractivity contribution in [2.45, 2.75) is 90.9 Å². The monoisotopic (exact) mass is 854 g/mol. The van der Waals surface area contributed by atoms with Crippen LogP contribution in [0.2, 0.25) is 0 Å². The van der Waals surface area contributed by atoms with Crippen LogP contribution < -0.4 is 26.0 Å². The van der Waals surface area contributed by atoms with Crippen molar-refractivity contribution in [3.8, 4) is 39.4 Å². The molecule has 0 amide bonds. The van der Waals surface area contributed by atoms with Gasteiger partial charge in [-0.3, -0.25) is 0 Å². The normalized spacial score (nSPS) is 15.7. The van der Waals surface area contributed by atoms with Gasteiger partial charge >= 0.3 is 0 Å². The van der Waals surface area contributed by atoms with Gasteiger partial charge in [0.1, 0.15) is 11.5 Å². The van der Waals surface area contributed by atoms with E-state index in [-0.39, 0.29) is 28.4 Å². The van der Waals surface area contributed by atoms with Gasteiger partial charge in [0.05, 0.1) is 16.7 Å². The van der Waals surface area contributed by atoms with Crippen molar-refractivity contribution >= 4 is 62.0 Å². The van der Waals surface area contributed by atoms with Crippen molar-refractivity contribution < 1.29 is 4.74 Å². The minimum Gasteiger partial charge on any atom is -0.458 e. The lowest BCUT2D eigenvalue weighted by atomic mass is 9.33. The molecule has 4 aliphatic rings. The molecular formula is C62H55BN2O. The fraction of sp³-hybridized carbons (Fsp3) is 0.226. The summed E-state index contributed by atoms with van der Waals surface area (Å²) in [5.41, 5.74) is 24.0. The zero-order valence-corrected chi connectivity index (χ0v) is 39.8. The highest BCUT2D eigenvalue weighted by Crippen LogP contribution is 2.56. The molecule has 0 radical (unpaired) electrons. The summed E-state index contributed by atoms with van der Waals surface area (Å²) in [5.74, 6) is 1.87. The highest BCUT2D eigenvalue weighted by atomic mass is 16.5. The van der Waals surface area contributed by atoms with E-state index in [0.29, 0.717) is 0 Å². The molecule has 9 aromatic rings. The Bertz CT molecular complexity index is 3590. The van der Waals surface area contributed by atoms with Gasteiger partial charge in [-0.25, -0.2) is 0 Å². The summed E-state index contributed by atoms with van der Waals surface area (Å²) in [6.45, 7) is 23.5. The number of ether oxygens (including phenoxy) is 1. The van der Waals surface area contributed by atoms with Gasteiger partial charge in [-0.15, -0.1) is 0 Å². The molecule has 2 aliphatic heterocycles. The van der Waals surface area contributed by atoms with Crippen LogP contribution >= 0.6 is 0 Å². The van der Waals surface area contributed by atoms with Crippen LogP contribution in [-0.4, -0.2) is 11.3 Å². The van der Waals surface area contributed by atoms with Gasteiger partial charge in [0.2, 0.25) is 0 Å². The van der Waals surface area contributed by atoms with E-state index in [0.717, 1.165) is 22.9 Å². The van der Waals surface area contributed by atoms with Crippen LogP contribution in [-0.2, 0) is 21.7 Å². The fourth-order valence-corrected chi connectivity index (χ4v) is 12.6. The number of hydrogen-bond acceptors (Lipinski definition) is 2. The number of para-hydroxylation sites is 1. The predicted octanol–water partition coefficient (Wildman–Crippen LogP) is 14.4. The first kappa shape index (κ1) is 39.6. The highest BCUT2D eigenvalue weighted by Gasteiger charge is 2.49. The van der Waals surface area contributed by atoms with E-state index in [9.17, 15) is 0 Å². The lowest BCUT2D eigenvalue weighted by Crippen LogP contribution is -2.60. The standard InChI is InChI=1S/C62H55BN2O/c1-59(2,3)36-26-29-38(30-27-36)64-49-24-17-25-54-57(49)63(47-32-37(60(4,5)6)28-31-53(47)66-54)58-52(64)35-51(56-55(58)41-20-12-15-22-45(41)62(56,9)10)65-48-23-16-13-19-40(48)43-33-46-42(34-50(43)65)39-18-11-14-21-44(39)61(46,7)8/h11-35H,1-10H3. The third-order valence-electron chi connectivity index (χ3n) is 15.9. The topological polar surface area (TPSA) is 17.4 Å². The number of fused-ring (bicyclic) bond motifs is 14. The fourth-order valence-electron chi connectivity index (χ4n) is 12.6. The third kappa shape index (κ3) is 5.16. The Morgan fingerprint density at radius 2 is 1.14 bits per heavy atom. The van der Waals surface area contributed by atoms with Crippen LogP contribution in [0.1, 0.15) is 103 Å². The first-order valence-corrected chi connectivity index (χ1v) is 23.9. The predicted molar refractivity (Wildman–Crippen MR) is 279 cm³/mol. The minimum atomic E-state index is -0.320. The summed E-state index contributed by atoms with van der Waals surface area (Å²) >= 11 is 0. The smallest absolute Gasteiger partial charge is 0.257 e. The molecule has 0 fully saturated rings. The van der Waals surface area contributed by atoms with Crippen LogP contribution in [0.15, 0.2) is 152 Å². The summed E-state index contributed by atoms with van der Waals surface area (Å²) in [6.07, 6.45) is 0. The van der Waals surface area contributed by atoms with Crippen LogP contribution in [0.5, 0.6) is 11.5 Å². The molecule has 0 bridgehead atoms. The van der Waals surface area contributed by atoms with Gasteiger partial charge in [-0.2, -0.15) is 0 Å². The van der Waals surface area contributed by atoms with Crippen LogP contribution in [0, 0.1) is 0 Å². The number of aromatic nitrogens is 1. The quantitative estimate of drug-likeness (QED) is 0.161. The molecule has 3 heterocycles. The molecule has 8 aromatic carbocycles. The molecule has 322 valence electrons. The molecule has 3 nitrogen and oxygen atoms in total. The Labute approximate surface area is 389 Å². The van der Waals surface area contributed by atoms with E-state index < -0.39 is 0 Å². The molecule has 0 spiro atoms. The van der Waals surface area contributed by atoms with Crippen LogP contribution in [0.3, 0.4) is 0 Å². The molecule has 2 aliphatic carbocycles. The summed E-state index contributed by atoms with van der Waals surface area (Å²) in [7, 11) is 0. The highest BCUT2D eigenvalue weighted by molar-refractivity contribution is 7.00. The van der Waals surface area contributed by atoms with Gasteiger partial charge < -0.3 is 14.2 Å². The van der Waals surface area contributed by atoms with Crippen LogP contribution in [0.25, 0.3) is 49.7 Å². The number of nitrogens with zero attached hydrogens (tertiary/aromatic N) is 2. The second-order valence-corrected chi connectivity index (χ2v) is 22.5. The molecule has 13 rings (SSSR count). The second kappa shape index (κ2) is 13.0. The van der Waals surface area contributed by atoms with Crippen molar-refractivity contribution in [3.05, 3.63) is 185 Å². The lowest BCUT2D eigenvalue weighted by molar-refractivity contribution is 0.486. The molecule has 1 aromatic heterocycles. The minimum absolute atomic E-state index is 0.0212. The molecule has 0 atom stereocenters. The maximum absolute atomic E-state index is 7.01. The number of anilines is 3. The third-order valence-corrected chi connectivity index (χ3v) is 15.9. The van der Waals surface area contributed by atoms with Gasteiger partial charge in [-0.1, -0.05) is 166 Å². The molecule has 66 heavy (non-hydrogen) atoms. The molecule has 0 saturated carbocycles. The first-order chi connectivity index (χ1) is 31.5. The largest absolute Gasteiger partial charge is 0.458 e. The molecule has 0 N–H and O–H groups in total. The SMILES string of the molecule is CC(C)(C)c1ccc(N2c3cccc4c3B(c3cc(C(C)(C)C)ccc3O4)c3c2cc(-n2c4ccccc4c4cc5c(cc42)-c2ccccc2C5(C)C)c2c3-c3ccccc3C2(C)C)cc1. The Morgan fingerprint density at radius 1 is 0.470 bits per heavy atom. The number of rotatable bonds is 2. The maximum Gasteiger partial charge on any atom is 0.257 e. The van der Waals surface area contributed by atoms with Crippen molar-refractivity contribution in [1.29, 1.82) is 0 Å². The Kier molecular flexibility index (Phi) is 7.78. The summed E-state index contributed by atoms with van der Waals surface area (Å²) in [6, 6.07) is 58.0. The maximum atomic E-state index is 7.01. The Balaban J connectivity index is 1.21. The van der Waals surface area contributed by atoms with E-state index in [2.05, 4.69) is 230 Å².